The molecule has 1 aliphatic heterocycles. The summed E-state index contributed by atoms with van der Waals surface area (Å²) in [7, 11) is 0. The van der Waals surface area contributed by atoms with E-state index in [0.29, 0.717) is 17.5 Å². The van der Waals surface area contributed by atoms with E-state index < -0.39 is 0 Å². The summed E-state index contributed by atoms with van der Waals surface area (Å²) in [6, 6.07) is 16.8. The molecule has 4 rings (SSSR count). The van der Waals surface area contributed by atoms with Crippen molar-refractivity contribution in [3.05, 3.63) is 65.2 Å². The average molecular weight is 396 g/mol. The van der Waals surface area contributed by atoms with Gasteiger partial charge in [0.05, 0.1) is 5.75 Å². The first-order valence-corrected chi connectivity index (χ1v) is 11.4. The van der Waals surface area contributed by atoms with Gasteiger partial charge in [-0.05, 0) is 50.7 Å². The summed E-state index contributed by atoms with van der Waals surface area (Å²) in [5.74, 6) is 1.66. The van der Waals surface area contributed by atoms with E-state index in [4.69, 9.17) is 4.74 Å². The Labute approximate surface area is 172 Å². The molecular formula is C24H29NO2S. The maximum atomic E-state index is 12.4. The maximum absolute atomic E-state index is 12.4. The van der Waals surface area contributed by atoms with Crippen molar-refractivity contribution in [2.75, 3.05) is 12.3 Å². The summed E-state index contributed by atoms with van der Waals surface area (Å²) < 4.78 is 6.47. The fourth-order valence-corrected chi connectivity index (χ4v) is 5.67. The van der Waals surface area contributed by atoms with Gasteiger partial charge in [-0.25, -0.2) is 0 Å². The van der Waals surface area contributed by atoms with Crippen LogP contribution in [0.1, 0.15) is 54.0 Å². The second-order valence-corrected chi connectivity index (χ2v) is 9.31. The normalized spacial score (nSPS) is 19.8. The van der Waals surface area contributed by atoms with Crippen LogP contribution in [0.25, 0.3) is 0 Å². The fraction of sp³-hybridized carbons (Fsp3) is 0.458. The minimum atomic E-state index is -0.0102. The zero-order valence-electron chi connectivity index (χ0n) is 16.6. The van der Waals surface area contributed by atoms with Gasteiger partial charge in [0.1, 0.15) is 11.4 Å². The maximum Gasteiger partial charge on any atom is 0.230 e. The number of amides is 1. The van der Waals surface area contributed by atoms with Crippen LogP contribution < -0.4 is 10.1 Å². The number of hydrogen-bond donors (Lipinski definition) is 1. The molecule has 1 atom stereocenters. The first-order chi connectivity index (χ1) is 13.6. The summed E-state index contributed by atoms with van der Waals surface area (Å²) >= 11 is 1.77. The van der Waals surface area contributed by atoms with Crippen molar-refractivity contribution in [1.29, 1.82) is 0 Å². The Morgan fingerprint density at radius 1 is 1.18 bits per heavy atom. The number of rotatable bonds is 6. The summed E-state index contributed by atoms with van der Waals surface area (Å²) in [6.45, 7) is 2.81. The quantitative estimate of drug-likeness (QED) is 0.728. The lowest BCUT2D eigenvalue weighted by Gasteiger charge is -2.40. The van der Waals surface area contributed by atoms with Crippen LogP contribution in [0.15, 0.2) is 48.5 Å². The fourth-order valence-electron chi connectivity index (χ4n) is 4.43. The number of benzene rings is 2. The zero-order chi connectivity index (χ0) is 19.4. The summed E-state index contributed by atoms with van der Waals surface area (Å²) in [4.78, 5) is 12.4. The second kappa shape index (κ2) is 8.60. The van der Waals surface area contributed by atoms with E-state index in [1.165, 1.54) is 29.5 Å². The summed E-state index contributed by atoms with van der Waals surface area (Å²) in [5.41, 5.74) is 3.76. The van der Waals surface area contributed by atoms with Gasteiger partial charge in [0.15, 0.2) is 0 Å². The van der Waals surface area contributed by atoms with Crippen molar-refractivity contribution < 1.29 is 9.53 Å². The molecule has 0 bridgehead atoms. The number of hydrogen-bond acceptors (Lipinski definition) is 3. The standard InChI is InChI=1S/C24H29NO2S/c1-18-9-10-21-20(15-18)22(16-24(27-21)12-5-6-13-24)28-17-23(26)25-14-11-19-7-3-2-4-8-19/h2-4,7-10,15,22H,5-6,11-14,16-17H2,1H3,(H,25,26)/t22-/m0/s1. The molecule has 0 unspecified atom stereocenters. The van der Waals surface area contributed by atoms with Crippen LogP contribution in [0, 0.1) is 6.92 Å². The summed E-state index contributed by atoms with van der Waals surface area (Å²) in [5, 5.41) is 3.41. The van der Waals surface area contributed by atoms with Crippen molar-refractivity contribution in [1.82, 2.24) is 5.32 Å². The molecule has 1 aliphatic carbocycles. The number of thioether (sulfide) groups is 1. The lowest BCUT2D eigenvalue weighted by Crippen LogP contribution is -2.38. The third-order valence-corrected chi connectivity index (χ3v) is 7.16. The lowest BCUT2D eigenvalue weighted by atomic mass is 9.88. The molecule has 148 valence electrons. The molecule has 2 aliphatic rings. The SMILES string of the molecule is Cc1ccc2c(c1)[C@@H](SCC(=O)NCCc1ccccc1)CC1(CCCC1)O2. The van der Waals surface area contributed by atoms with Gasteiger partial charge < -0.3 is 10.1 Å². The molecule has 1 N–H and O–H groups in total. The van der Waals surface area contributed by atoms with E-state index in [0.717, 1.165) is 31.4 Å². The van der Waals surface area contributed by atoms with Crippen LogP contribution in [0.2, 0.25) is 0 Å². The molecule has 4 heteroatoms. The van der Waals surface area contributed by atoms with Crippen LogP contribution in [-0.2, 0) is 11.2 Å². The van der Waals surface area contributed by atoms with Crippen LogP contribution in [0.5, 0.6) is 5.75 Å². The van der Waals surface area contributed by atoms with E-state index in [2.05, 4.69) is 42.6 Å². The molecule has 0 radical (unpaired) electrons. The van der Waals surface area contributed by atoms with Gasteiger partial charge in [0.25, 0.3) is 0 Å². The van der Waals surface area contributed by atoms with Gasteiger partial charge in [-0.2, -0.15) is 0 Å². The van der Waals surface area contributed by atoms with E-state index in [1.54, 1.807) is 11.8 Å². The Hall–Kier alpha value is -1.94. The molecule has 3 nitrogen and oxygen atoms in total. The Bertz CT molecular complexity index is 815. The molecule has 2 aromatic carbocycles. The summed E-state index contributed by atoms with van der Waals surface area (Å²) in [6.07, 6.45) is 6.67. The van der Waals surface area contributed by atoms with Crippen molar-refractivity contribution in [2.24, 2.45) is 0 Å². The number of carbonyl (C=O) groups is 1. The van der Waals surface area contributed by atoms with Crippen LogP contribution in [0.4, 0.5) is 0 Å². The number of fused-ring (bicyclic) bond motifs is 1. The van der Waals surface area contributed by atoms with Crippen LogP contribution >= 0.6 is 11.8 Å². The van der Waals surface area contributed by atoms with E-state index >= 15 is 0 Å². The van der Waals surface area contributed by atoms with Crippen molar-refractivity contribution in [3.63, 3.8) is 0 Å². The minimum absolute atomic E-state index is 0.0102. The first-order valence-electron chi connectivity index (χ1n) is 10.4. The lowest BCUT2D eigenvalue weighted by molar-refractivity contribution is -0.118. The van der Waals surface area contributed by atoms with Crippen molar-refractivity contribution >= 4 is 17.7 Å². The Balaban J connectivity index is 1.35. The molecule has 1 spiro atoms. The second-order valence-electron chi connectivity index (χ2n) is 8.12. The van der Waals surface area contributed by atoms with Gasteiger partial charge in [-0.15, -0.1) is 11.8 Å². The minimum Gasteiger partial charge on any atom is -0.487 e. The predicted molar refractivity (Wildman–Crippen MR) is 116 cm³/mol. The van der Waals surface area contributed by atoms with Gasteiger partial charge in [-0.1, -0.05) is 48.0 Å². The third-order valence-electron chi connectivity index (χ3n) is 5.91. The molecule has 1 fully saturated rings. The van der Waals surface area contributed by atoms with Crippen LogP contribution in [-0.4, -0.2) is 23.8 Å². The molecule has 28 heavy (non-hydrogen) atoms. The number of ether oxygens (including phenoxy) is 1. The first kappa shape index (κ1) is 19.4. The Kier molecular flexibility index (Phi) is 5.96. The van der Waals surface area contributed by atoms with Gasteiger partial charge in [-0.3, -0.25) is 4.79 Å². The van der Waals surface area contributed by atoms with Crippen LogP contribution in [0.3, 0.4) is 0 Å². The highest BCUT2D eigenvalue weighted by molar-refractivity contribution is 8.00. The molecule has 1 saturated carbocycles. The smallest absolute Gasteiger partial charge is 0.230 e. The average Bonchev–Trinajstić information content (AvgIpc) is 3.15. The van der Waals surface area contributed by atoms with Gasteiger partial charge in [0.2, 0.25) is 5.91 Å². The number of aryl methyl sites for hydroxylation is 1. The van der Waals surface area contributed by atoms with Gasteiger partial charge in [0, 0.05) is 23.8 Å². The zero-order valence-corrected chi connectivity index (χ0v) is 17.4. The molecule has 2 aromatic rings. The highest BCUT2D eigenvalue weighted by Gasteiger charge is 2.43. The number of carbonyl (C=O) groups excluding carboxylic acids is 1. The van der Waals surface area contributed by atoms with Gasteiger partial charge >= 0.3 is 0 Å². The molecule has 1 amide bonds. The number of nitrogens with one attached hydrogen (secondary N) is 1. The van der Waals surface area contributed by atoms with E-state index in [1.807, 2.05) is 18.2 Å². The van der Waals surface area contributed by atoms with Crippen molar-refractivity contribution in [2.45, 2.75) is 56.3 Å². The third kappa shape index (κ3) is 4.54. The Morgan fingerprint density at radius 3 is 2.75 bits per heavy atom. The largest absolute Gasteiger partial charge is 0.487 e. The molecular weight excluding hydrogens is 366 g/mol. The highest BCUT2D eigenvalue weighted by Crippen LogP contribution is 2.51. The highest BCUT2D eigenvalue weighted by atomic mass is 32.2. The topological polar surface area (TPSA) is 38.3 Å². The molecule has 1 heterocycles. The Morgan fingerprint density at radius 2 is 1.96 bits per heavy atom. The monoisotopic (exact) mass is 395 g/mol. The molecule has 0 aromatic heterocycles. The predicted octanol–water partition coefficient (Wildman–Crippen LogP) is 5.22. The van der Waals surface area contributed by atoms with E-state index in [-0.39, 0.29) is 11.5 Å². The van der Waals surface area contributed by atoms with Crippen molar-refractivity contribution in [3.8, 4) is 5.75 Å². The molecule has 0 saturated heterocycles. The van der Waals surface area contributed by atoms with E-state index in [9.17, 15) is 4.79 Å².